The molecule has 0 bridgehead atoms. The molecule has 2 heterocycles. The van der Waals surface area contributed by atoms with Crippen LogP contribution in [-0.2, 0) is 0 Å². The molecule has 220 valence electrons. The van der Waals surface area contributed by atoms with Gasteiger partial charge in [-0.25, -0.2) is 0 Å². The molecule has 2 aromatic heterocycles. The van der Waals surface area contributed by atoms with Gasteiger partial charge < -0.3 is 13.7 Å². The molecule has 47 heavy (non-hydrogen) atoms. The van der Waals surface area contributed by atoms with Crippen LogP contribution in [0.4, 0.5) is 17.1 Å². The summed E-state index contributed by atoms with van der Waals surface area (Å²) >= 11 is 0. The van der Waals surface area contributed by atoms with Gasteiger partial charge >= 0.3 is 0 Å². The third-order valence-corrected chi connectivity index (χ3v) is 9.43. The average molecular weight is 602 g/mol. The minimum Gasteiger partial charge on any atom is -0.456 e. The summed E-state index contributed by atoms with van der Waals surface area (Å²) in [4.78, 5) is 2.32. The highest BCUT2D eigenvalue weighted by Crippen LogP contribution is 2.41. The van der Waals surface area contributed by atoms with Gasteiger partial charge in [0, 0.05) is 44.7 Å². The molecular weight excluding hydrogens is 574 g/mol. The zero-order valence-electron chi connectivity index (χ0n) is 25.4. The van der Waals surface area contributed by atoms with E-state index in [0.717, 1.165) is 60.9 Å². The maximum Gasteiger partial charge on any atom is 0.137 e. The smallest absolute Gasteiger partial charge is 0.137 e. The van der Waals surface area contributed by atoms with Gasteiger partial charge in [0.25, 0.3) is 0 Å². The van der Waals surface area contributed by atoms with Gasteiger partial charge in [-0.1, -0.05) is 97.1 Å². The largest absolute Gasteiger partial charge is 0.456 e. The van der Waals surface area contributed by atoms with Crippen molar-refractivity contribution in [2.24, 2.45) is 0 Å². The Labute approximate surface area is 270 Å². The molecule has 0 aliphatic carbocycles. The molecule has 0 N–H and O–H groups in total. The Kier molecular flexibility index (Phi) is 5.57. The molecule has 0 atom stereocenters. The molecular formula is C44H27NO2. The normalized spacial score (nSPS) is 11.8. The van der Waals surface area contributed by atoms with Gasteiger partial charge in [-0.05, 0) is 93.3 Å². The zero-order valence-corrected chi connectivity index (χ0v) is 25.4. The van der Waals surface area contributed by atoms with E-state index in [1.165, 1.54) is 32.7 Å². The number of anilines is 3. The maximum atomic E-state index is 6.34. The lowest BCUT2D eigenvalue weighted by molar-refractivity contribution is 0.669. The van der Waals surface area contributed by atoms with Crippen molar-refractivity contribution < 1.29 is 8.83 Å². The molecule has 0 aliphatic rings. The van der Waals surface area contributed by atoms with Crippen molar-refractivity contribution in [2.75, 3.05) is 4.90 Å². The maximum absolute atomic E-state index is 6.34. The van der Waals surface area contributed by atoms with E-state index in [0.29, 0.717) is 0 Å². The molecule has 0 saturated carbocycles. The number of hydrogen-bond acceptors (Lipinski definition) is 3. The molecule has 10 aromatic rings. The standard InChI is InChI=1S/C44H27NO2/c1-2-8-28(9-3-1)29-16-18-32(19-17-29)45(34-21-23-38-36-10-4-6-12-41(36)47-44(38)26-34)33-20-22-35-30(24-33)14-15-31-25-43-40(27-39(31)35)37-11-5-7-13-42(37)46-43/h1-27H. The van der Waals surface area contributed by atoms with E-state index in [1.54, 1.807) is 0 Å². The quantitative estimate of drug-likeness (QED) is 0.188. The predicted octanol–water partition coefficient (Wildman–Crippen LogP) is 12.9. The summed E-state index contributed by atoms with van der Waals surface area (Å²) in [6, 6.07) is 58.0. The first-order valence-corrected chi connectivity index (χ1v) is 15.9. The van der Waals surface area contributed by atoms with Gasteiger partial charge in [0.15, 0.2) is 0 Å². The highest BCUT2D eigenvalue weighted by atomic mass is 16.3. The second kappa shape index (κ2) is 10.1. The first kappa shape index (κ1) is 26.0. The minimum absolute atomic E-state index is 0.873. The number of fused-ring (bicyclic) bond motifs is 9. The fraction of sp³-hybridized carbons (Fsp3) is 0. The van der Waals surface area contributed by atoms with Crippen LogP contribution in [0.3, 0.4) is 0 Å². The number of furan rings is 2. The molecule has 0 saturated heterocycles. The van der Waals surface area contributed by atoms with Gasteiger partial charge in [0.1, 0.15) is 22.3 Å². The van der Waals surface area contributed by atoms with Crippen LogP contribution >= 0.6 is 0 Å². The molecule has 0 radical (unpaired) electrons. The summed E-state index contributed by atoms with van der Waals surface area (Å²) in [6.45, 7) is 0. The Morgan fingerprint density at radius 3 is 1.57 bits per heavy atom. The van der Waals surface area contributed by atoms with Gasteiger partial charge in [-0.15, -0.1) is 0 Å². The van der Waals surface area contributed by atoms with E-state index in [9.17, 15) is 0 Å². The van der Waals surface area contributed by atoms with Crippen LogP contribution in [0.15, 0.2) is 173 Å². The fourth-order valence-corrected chi connectivity index (χ4v) is 7.14. The Balaban J connectivity index is 1.15. The highest BCUT2D eigenvalue weighted by Gasteiger charge is 2.17. The molecule has 10 rings (SSSR count). The van der Waals surface area contributed by atoms with Crippen LogP contribution in [0, 0.1) is 0 Å². The number of hydrogen-bond donors (Lipinski definition) is 0. The van der Waals surface area contributed by atoms with E-state index in [2.05, 4.69) is 144 Å². The van der Waals surface area contributed by atoms with Crippen LogP contribution in [0.2, 0.25) is 0 Å². The lowest BCUT2D eigenvalue weighted by Crippen LogP contribution is -2.09. The first-order chi connectivity index (χ1) is 23.3. The van der Waals surface area contributed by atoms with Crippen LogP contribution in [0.1, 0.15) is 0 Å². The summed E-state index contributed by atoms with van der Waals surface area (Å²) in [7, 11) is 0. The van der Waals surface area contributed by atoms with E-state index >= 15 is 0 Å². The van der Waals surface area contributed by atoms with Crippen LogP contribution in [-0.4, -0.2) is 0 Å². The summed E-state index contributed by atoms with van der Waals surface area (Å²) < 4.78 is 12.5. The molecule has 3 nitrogen and oxygen atoms in total. The molecule has 0 spiro atoms. The van der Waals surface area contributed by atoms with E-state index in [-0.39, 0.29) is 0 Å². The van der Waals surface area contributed by atoms with Crippen molar-refractivity contribution in [3.05, 3.63) is 164 Å². The molecule has 8 aromatic carbocycles. The highest BCUT2D eigenvalue weighted by molar-refractivity contribution is 6.17. The van der Waals surface area contributed by atoms with Crippen LogP contribution in [0.5, 0.6) is 0 Å². The average Bonchev–Trinajstić information content (AvgIpc) is 3.69. The first-order valence-electron chi connectivity index (χ1n) is 15.9. The lowest BCUT2D eigenvalue weighted by atomic mass is 9.99. The summed E-state index contributed by atoms with van der Waals surface area (Å²) in [6.07, 6.45) is 0. The second-order valence-electron chi connectivity index (χ2n) is 12.2. The van der Waals surface area contributed by atoms with Crippen molar-refractivity contribution in [3.8, 4) is 11.1 Å². The summed E-state index contributed by atoms with van der Waals surface area (Å²) in [5, 5.41) is 9.31. The van der Waals surface area contributed by atoms with E-state index in [4.69, 9.17) is 8.83 Å². The van der Waals surface area contributed by atoms with E-state index < -0.39 is 0 Å². The third-order valence-electron chi connectivity index (χ3n) is 9.43. The fourth-order valence-electron chi connectivity index (χ4n) is 7.14. The second-order valence-corrected chi connectivity index (χ2v) is 12.2. The van der Waals surface area contributed by atoms with Crippen LogP contribution in [0.25, 0.3) is 76.5 Å². The van der Waals surface area contributed by atoms with Gasteiger partial charge in [0.2, 0.25) is 0 Å². The Hall–Kier alpha value is -6.32. The monoisotopic (exact) mass is 601 g/mol. The number of nitrogens with zero attached hydrogens (tertiary/aromatic N) is 1. The summed E-state index contributed by atoms with van der Waals surface area (Å²) in [5.41, 5.74) is 9.18. The molecule has 0 fully saturated rings. The van der Waals surface area contributed by atoms with Crippen molar-refractivity contribution in [1.82, 2.24) is 0 Å². The summed E-state index contributed by atoms with van der Waals surface area (Å²) in [5.74, 6) is 0. The molecule has 0 aliphatic heterocycles. The van der Waals surface area contributed by atoms with Crippen molar-refractivity contribution in [3.63, 3.8) is 0 Å². The van der Waals surface area contributed by atoms with Gasteiger partial charge in [-0.2, -0.15) is 0 Å². The van der Waals surface area contributed by atoms with Crippen molar-refractivity contribution in [2.45, 2.75) is 0 Å². The molecule has 0 amide bonds. The lowest BCUT2D eigenvalue weighted by Gasteiger charge is -2.26. The predicted molar refractivity (Wildman–Crippen MR) is 196 cm³/mol. The van der Waals surface area contributed by atoms with Crippen LogP contribution < -0.4 is 4.90 Å². The molecule has 0 unspecified atom stereocenters. The Bertz CT molecular complexity index is 2790. The third kappa shape index (κ3) is 4.14. The Morgan fingerprint density at radius 1 is 0.298 bits per heavy atom. The number of benzene rings is 8. The minimum atomic E-state index is 0.873. The Morgan fingerprint density at radius 2 is 0.830 bits per heavy atom. The van der Waals surface area contributed by atoms with Gasteiger partial charge in [-0.3, -0.25) is 0 Å². The zero-order chi connectivity index (χ0) is 30.9. The molecule has 3 heteroatoms. The number of para-hydroxylation sites is 2. The van der Waals surface area contributed by atoms with E-state index in [1.807, 2.05) is 24.3 Å². The van der Waals surface area contributed by atoms with Crippen molar-refractivity contribution >= 4 is 82.5 Å². The van der Waals surface area contributed by atoms with Crippen molar-refractivity contribution in [1.29, 1.82) is 0 Å². The number of rotatable bonds is 4. The van der Waals surface area contributed by atoms with Gasteiger partial charge in [0.05, 0.1) is 0 Å². The topological polar surface area (TPSA) is 29.5 Å². The SMILES string of the molecule is c1ccc(-c2ccc(N(c3ccc4c(ccc5cc6oc7ccccc7c6cc54)c3)c3ccc4c(c3)oc3ccccc34)cc2)cc1.